The van der Waals surface area contributed by atoms with Crippen LogP contribution in [-0.4, -0.2) is 11.0 Å². The second-order valence-corrected chi connectivity index (χ2v) is 4.11. The highest BCUT2D eigenvalue weighted by Crippen LogP contribution is 2.22. The van der Waals surface area contributed by atoms with E-state index in [0.29, 0.717) is 12.1 Å². The lowest BCUT2D eigenvalue weighted by atomic mass is 9.88. The minimum Gasteiger partial charge on any atom is -0.392 e. The molecule has 2 N–H and O–H groups in total. The largest absolute Gasteiger partial charge is 0.392 e. The molecule has 1 rings (SSSR count). The molecule has 1 unspecified atom stereocenters. The third-order valence-electron chi connectivity index (χ3n) is 2.85. The summed E-state index contributed by atoms with van der Waals surface area (Å²) in [7, 11) is 0. The predicted octanol–water partition coefficient (Wildman–Crippen LogP) is 2.06. The van der Waals surface area contributed by atoms with Crippen molar-refractivity contribution >= 4 is 11.6 Å². The highest BCUT2D eigenvalue weighted by Gasteiger charge is 2.31. The molecule has 0 aliphatic carbocycles. The van der Waals surface area contributed by atoms with Crippen molar-refractivity contribution in [2.45, 2.75) is 26.9 Å². The van der Waals surface area contributed by atoms with E-state index in [0.717, 1.165) is 5.56 Å². The summed E-state index contributed by atoms with van der Waals surface area (Å²) in [5, 5.41) is 20.5. The van der Waals surface area contributed by atoms with Gasteiger partial charge in [0.2, 0.25) is 5.91 Å². The molecule has 0 radical (unpaired) electrons. The first kappa shape index (κ1) is 13.2. The lowest BCUT2D eigenvalue weighted by Crippen LogP contribution is -2.31. The number of carbonyl (C=O) groups is 1. The van der Waals surface area contributed by atoms with Crippen LogP contribution in [0.25, 0.3) is 0 Å². The Labute approximate surface area is 101 Å². The second-order valence-electron chi connectivity index (χ2n) is 4.11. The standard InChI is InChI=1S/C13H16N2O2/c1-3-13(2,9-14)12(17)15-11-6-4-10(8-16)5-7-11/h4-7,16H,3,8H2,1-2H3,(H,15,17). The van der Waals surface area contributed by atoms with E-state index in [1.807, 2.05) is 6.07 Å². The highest BCUT2D eigenvalue weighted by atomic mass is 16.3. The van der Waals surface area contributed by atoms with Crippen molar-refractivity contribution in [3.63, 3.8) is 0 Å². The zero-order valence-corrected chi connectivity index (χ0v) is 10.0. The van der Waals surface area contributed by atoms with Crippen LogP contribution in [0.4, 0.5) is 5.69 Å². The van der Waals surface area contributed by atoms with Gasteiger partial charge in [-0.15, -0.1) is 0 Å². The Hall–Kier alpha value is -1.86. The molecular weight excluding hydrogens is 216 g/mol. The first-order valence-electron chi connectivity index (χ1n) is 5.48. The number of hydrogen-bond acceptors (Lipinski definition) is 3. The maximum Gasteiger partial charge on any atom is 0.244 e. The first-order valence-corrected chi connectivity index (χ1v) is 5.48. The summed E-state index contributed by atoms with van der Waals surface area (Å²) < 4.78 is 0. The molecule has 17 heavy (non-hydrogen) atoms. The Morgan fingerprint density at radius 1 is 1.47 bits per heavy atom. The molecule has 0 saturated carbocycles. The number of benzene rings is 1. The van der Waals surface area contributed by atoms with Gasteiger partial charge >= 0.3 is 0 Å². The van der Waals surface area contributed by atoms with Gasteiger partial charge in [0, 0.05) is 5.69 Å². The van der Waals surface area contributed by atoms with Gasteiger partial charge in [-0.1, -0.05) is 19.1 Å². The van der Waals surface area contributed by atoms with E-state index in [1.54, 1.807) is 38.1 Å². The molecule has 1 aromatic rings. The number of aliphatic hydroxyl groups is 1. The fourth-order valence-electron chi connectivity index (χ4n) is 1.25. The van der Waals surface area contributed by atoms with Crippen molar-refractivity contribution in [1.29, 1.82) is 5.26 Å². The third kappa shape index (κ3) is 3.05. The van der Waals surface area contributed by atoms with Gasteiger partial charge in [0.15, 0.2) is 0 Å². The van der Waals surface area contributed by atoms with Gasteiger partial charge in [0.05, 0.1) is 12.7 Å². The van der Waals surface area contributed by atoms with E-state index in [9.17, 15) is 4.79 Å². The molecule has 90 valence electrons. The number of rotatable bonds is 4. The number of aliphatic hydroxyl groups excluding tert-OH is 1. The third-order valence-corrected chi connectivity index (χ3v) is 2.85. The molecular formula is C13H16N2O2. The highest BCUT2D eigenvalue weighted by molar-refractivity contribution is 5.96. The normalized spacial score (nSPS) is 13.5. The molecule has 0 spiro atoms. The number of hydrogen-bond donors (Lipinski definition) is 2. The number of nitrogens with one attached hydrogen (secondary N) is 1. The van der Waals surface area contributed by atoms with Gasteiger partial charge in [-0.3, -0.25) is 4.79 Å². The van der Waals surface area contributed by atoms with Crippen LogP contribution in [-0.2, 0) is 11.4 Å². The monoisotopic (exact) mass is 232 g/mol. The van der Waals surface area contributed by atoms with Crippen LogP contribution in [0.2, 0.25) is 0 Å². The van der Waals surface area contributed by atoms with E-state index in [1.165, 1.54) is 0 Å². The second kappa shape index (κ2) is 5.46. The topological polar surface area (TPSA) is 73.1 Å². The summed E-state index contributed by atoms with van der Waals surface area (Å²) in [6, 6.07) is 8.88. The summed E-state index contributed by atoms with van der Waals surface area (Å²) in [6.07, 6.45) is 0.462. The van der Waals surface area contributed by atoms with Gasteiger partial charge in [0.1, 0.15) is 5.41 Å². The molecule has 0 heterocycles. The average Bonchev–Trinajstić information content (AvgIpc) is 2.38. The van der Waals surface area contributed by atoms with E-state index in [2.05, 4.69) is 5.32 Å². The van der Waals surface area contributed by atoms with Gasteiger partial charge in [0.25, 0.3) is 0 Å². The number of nitriles is 1. The van der Waals surface area contributed by atoms with Crippen molar-refractivity contribution in [2.75, 3.05) is 5.32 Å². The lowest BCUT2D eigenvalue weighted by molar-refractivity contribution is -0.122. The van der Waals surface area contributed by atoms with E-state index >= 15 is 0 Å². The van der Waals surface area contributed by atoms with Gasteiger partial charge in [-0.05, 0) is 31.0 Å². The fraction of sp³-hybridized carbons (Fsp3) is 0.385. The predicted molar refractivity (Wildman–Crippen MR) is 65.0 cm³/mol. The van der Waals surface area contributed by atoms with E-state index in [4.69, 9.17) is 10.4 Å². The SMILES string of the molecule is CCC(C)(C#N)C(=O)Nc1ccc(CO)cc1. The van der Waals surface area contributed by atoms with Crippen LogP contribution < -0.4 is 5.32 Å². The molecule has 0 bridgehead atoms. The van der Waals surface area contributed by atoms with Crippen molar-refractivity contribution in [3.8, 4) is 6.07 Å². The summed E-state index contributed by atoms with van der Waals surface area (Å²) >= 11 is 0. The lowest BCUT2D eigenvalue weighted by Gasteiger charge is -2.18. The number of nitrogens with zero attached hydrogens (tertiary/aromatic N) is 1. The van der Waals surface area contributed by atoms with Crippen molar-refractivity contribution in [1.82, 2.24) is 0 Å². The average molecular weight is 232 g/mol. The molecule has 1 amide bonds. The molecule has 0 fully saturated rings. The Balaban J connectivity index is 2.78. The molecule has 4 heteroatoms. The number of amides is 1. The zero-order chi connectivity index (χ0) is 12.9. The molecule has 0 saturated heterocycles. The van der Waals surface area contributed by atoms with E-state index < -0.39 is 5.41 Å². The summed E-state index contributed by atoms with van der Waals surface area (Å²) in [5.41, 5.74) is 0.402. The van der Waals surface area contributed by atoms with Crippen LogP contribution in [0.1, 0.15) is 25.8 Å². The van der Waals surface area contributed by atoms with Crippen LogP contribution >= 0.6 is 0 Å². The number of anilines is 1. The summed E-state index contributed by atoms with van der Waals surface area (Å²) in [5.74, 6) is -0.306. The van der Waals surface area contributed by atoms with Gasteiger partial charge in [-0.2, -0.15) is 5.26 Å². The van der Waals surface area contributed by atoms with Crippen LogP contribution in [0.3, 0.4) is 0 Å². The zero-order valence-electron chi connectivity index (χ0n) is 10.0. The molecule has 0 aliphatic rings. The smallest absolute Gasteiger partial charge is 0.244 e. The van der Waals surface area contributed by atoms with Crippen LogP contribution in [0.5, 0.6) is 0 Å². The summed E-state index contributed by atoms with van der Waals surface area (Å²) in [6.45, 7) is 3.39. The minimum atomic E-state index is -1.00. The van der Waals surface area contributed by atoms with Crippen LogP contribution in [0.15, 0.2) is 24.3 Å². The Bertz CT molecular complexity index is 434. The summed E-state index contributed by atoms with van der Waals surface area (Å²) in [4.78, 5) is 11.9. The number of carbonyl (C=O) groups excluding carboxylic acids is 1. The van der Waals surface area contributed by atoms with Gasteiger partial charge in [-0.25, -0.2) is 0 Å². The van der Waals surface area contributed by atoms with Crippen molar-refractivity contribution in [3.05, 3.63) is 29.8 Å². The minimum absolute atomic E-state index is 0.0287. The van der Waals surface area contributed by atoms with Gasteiger partial charge < -0.3 is 10.4 Å². The maximum absolute atomic E-state index is 11.9. The van der Waals surface area contributed by atoms with Crippen molar-refractivity contribution in [2.24, 2.45) is 5.41 Å². The fourth-order valence-corrected chi connectivity index (χ4v) is 1.25. The quantitative estimate of drug-likeness (QED) is 0.834. The van der Waals surface area contributed by atoms with E-state index in [-0.39, 0.29) is 12.5 Å². The molecule has 0 aliphatic heterocycles. The maximum atomic E-state index is 11.9. The Morgan fingerprint density at radius 3 is 2.47 bits per heavy atom. The Kier molecular flexibility index (Phi) is 4.24. The first-order chi connectivity index (χ1) is 8.05. The molecule has 1 atom stereocenters. The van der Waals surface area contributed by atoms with Crippen LogP contribution in [0, 0.1) is 16.7 Å². The van der Waals surface area contributed by atoms with Crippen molar-refractivity contribution < 1.29 is 9.90 Å². The molecule has 1 aromatic carbocycles. The molecule has 4 nitrogen and oxygen atoms in total. The Morgan fingerprint density at radius 2 is 2.06 bits per heavy atom. The molecule has 0 aromatic heterocycles.